The number of nitrogens with zero attached hydrogens (tertiary/aromatic N) is 4. The molecule has 14 heteroatoms. The molecule has 11 nitrogen and oxygen atoms in total. The van der Waals surface area contributed by atoms with Crippen LogP contribution in [0.25, 0.3) is 0 Å². The van der Waals surface area contributed by atoms with E-state index >= 15 is 0 Å². The van der Waals surface area contributed by atoms with Gasteiger partial charge in [0, 0.05) is 93.3 Å². The molecule has 1 saturated carbocycles. The number of halogens is 1. The number of anilines is 1. The molecule has 1 spiro atoms. The van der Waals surface area contributed by atoms with Gasteiger partial charge >= 0.3 is 0 Å². The highest BCUT2D eigenvalue weighted by Crippen LogP contribution is 2.49. The first-order chi connectivity index (χ1) is 27.1. The van der Waals surface area contributed by atoms with Crippen LogP contribution in [0.3, 0.4) is 0 Å². The van der Waals surface area contributed by atoms with E-state index < -0.39 is 31.2 Å². The van der Waals surface area contributed by atoms with E-state index in [1.807, 2.05) is 32.2 Å². The largest absolute Gasteiger partial charge is 0.490 e. The first-order valence-electron chi connectivity index (χ1n) is 20.7. The molecule has 2 saturated heterocycles. The zero-order valence-corrected chi connectivity index (χ0v) is 36.3. The van der Waals surface area contributed by atoms with Crippen LogP contribution >= 0.6 is 11.6 Å². The Morgan fingerprint density at radius 1 is 1.07 bits per heavy atom. The number of methoxy groups -OCH3 is 1. The number of benzene rings is 2. The Morgan fingerprint density at radius 3 is 2.63 bits per heavy atom. The molecule has 2 unspecified atom stereocenters. The maximum Gasteiger partial charge on any atom is 0.262 e. The highest BCUT2D eigenvalue weighted by molar-refractivity contribution is 7.99. The number of hydrogen-bond donors (Lipinski definition) is 1. The fourth-order valence-electron chi connectivity index (χ4n) is 10.7. The van der Waals surface area contributed by atoms with Gasteiger partial charge in [-0.1, -0.05) is 36.7 Å². The number of sulfonamides is 1. The summed E-state index contributed by atoms with van der Waals surface area (Å²) in [5.41, 5.74) is 2.99. The predicted octanol–water partition coefficient (Wildman–Crippen LogP) is 4.83. The number of amides is 1. The Morgan fingerprint density at radius 2 is 1.88 bits per heavy atom. The van der Waals surface area contributed by atoms with Gasteiger partial charge in [-0.2, -0.15) is 4.31 Å². The minimum Gasteiger partial charge on any atom is -0.490 e. The van der Waals surface area contributed by atoms with Crippen molar-refractivity contribution in [3.63, 3.8) is 0 Å². The quantitative estimate of drug-likeness (QED) is 0.342. The highest BCUT2D eigenvalue weighted by Gasteiger charge is 2.50. The van der Waals surface area contributed by atoms with Crippen molar-refractivity contribution in [1.29, 1.82) is 0 Å². The number of allylic oxidation sites excluding steroid dienone is 1. The van der Waals surface area contributed by atoms with Crippen LogP contribution < -0.4 is 14.4 Å². The molecule has 1 N–H and O–H groups in total. The van der Waals surface area contributed by atoms with E-state index in [0.717, 1.165) is 87.8 Å². The van der Waals surface area contributed by atoms with Gasteiger partial charge < -0.3 is 14.4 Å². The Kier molecular flexibility index (Phi) is 11.4. The third-order valence-corrected chi connectivity index (χ3v) is 18.1. The summed E-state index contributed by atoms with van der Waals surface area (Å²) in [7, 11) is -4.44. The second kappa shape index (κ2) is 15.7. The van der Waals surface area contributed by atoms with Crippen molar-refractivity contribution in [2.75, 3.05) is 83.8 Å². The molecule has 3 fully saturated rings. The summed E-state index contributed by atoms with van der Waals surface area (Å²) < 4.78 is 57.2. The Hall–Kier alpha value is -2.65. The molecule has 6 aliphatic rings. The zero-order chi connectivity index (χ0) is 40.3. The van der Waals surface area contributed by atoms with Gasteiger partial charge in [0.05, 0.1) is 28.3 Å². The lowest BCUT2D eigenvalue weighted by molar-refractivity contribution is -0.101. The summed E-state index contributed by atoms with van der Waals surface area (Å²) >= 11 is 6.53. The molecule has 1 amide bonds. The van der Waals surface area contributed by atoms with E-state index in [0.29, 0.717) is 44.1 Å². The van der Waals surface area contributed by atoms with Gasteiger partial charge in [-0.05, 0) is 111 Å². The molecule has 312 valence electrons. The molecule has 2 aromatic carbocycles. The van der Waals surface area contributed by atoms with Crippen LogP contribution in [-0.4, -0.2) is 134 Å². The van der Waals surface area contributed by atoms with Gasteiger partial charge in [-0.25, -0.2) is 12.6 Å². The molecule has 8 rings (SSSR count). The van der Waals surface area contributed by atoms with Crippen molar-refractivity contribution in [2.24, 2.45) is 17.8 Å². The molecule has 2 aromatic rings. The lowest BCUT2D eigenvalue weighted by Gasteiger charge is -2.53. The second-order valence-electron chi connectivity index (χ2n) is 17.9. The van der Waals surface area contributed by atoms with Gasteiger partial charge in [-0.3, -0.25) is 19.3 Å². The molecule has 57 heavy (non-hydrogen) atoms. The molecule has 4 heterocycles. The predicted molar refractivity (Wildman–Crippen MR) is 230 cm³/mol. The van der Waals surface area contributed by atoms with Gasteiger partial charge in [0.15, 0.2) is 0 Å². The van der Waals surface area contributed by atoms with Crippen molar-refractivity contribution >= 4 is 48.8 Å². The Bertz CT molecular complexity index is 2120. The van der Waals surface area contributed by atoms with Crippen molar-refractivity contribution < 1.29 is 26.9 Å². The fourth-order valence-corrected chi connectivity index (χ4v) is 13.2. The fraction of sp³-hybridized carbons (Fsp3) is 0.628. The molecule has 8 atom stereocenters. The van der Waals surface area contributed by atoms with Crippen molar-refractivity contribution in [3.05, 3.63) is 70.3 Å². The highest BCUT2D eigenvalue weighted by atomic mass is 35.5. The minimum atomic E-state index is -3.27. The minimum absolute atomic E-state index is 0.0284. The van der Waals surface area contributed by atoms with Crippen LogP contribution in [-0.2, 0) is 36.3 Å². The number of ether oxygens (including phenoxy) is 2. The molecule has 0 radical (unpaired) electrons. The van der Waals surface area contributed by atoms with Gasteiger partial charge in [0.1, 0.15) is 11.4 Å². The first-order valence-corrected chi connectivity index (χ1v) is 24.7. The summed E-state index contributed by atoms with van der Waals surface area (Å²) in [5, 5.41) is 0.360. The van der Waals surface area contributed by atoms with Gasteiger partial charge in [-0.15, -0.1) is 0 Å². The van der Waals surface area contributed by atoms with Gasteiger partial charge in [0.2, 0.25) is 10.0 Å². The maximum atomic E-state index is 14.1. The summed E-state index contributed by atoms with van der Waals surface area (Å²) in [4.78, 5) is 21.3. The number of carbonyl (C=O) groups is 1. The number of hydrogen-bond acceptors (Lipinski definition) is 9. The van der Waals surface area contributed by atoms with Crippen LogP contribution in [0.1, 0.15) is 67.4 Å². The normalized spacial score (nSPS) is 36.1. The molecule has 0 aromatic heterocycles. The topological polar surface area (TPSA) is 112 Å². The number of rotatable bonds is 4. The number of piperazine rings is 2. The number of fused-ring (bicyclic) bond motifs is 5. The maximum absolute atomic E-state index is 14.1. The average molecular weight is 843 g/mol. The van der Waals surface area contributed by atoms with Crippen LogP contribution in [0.15, 0.2) is 48.6 Å². The van der Waals surface area contributed by atoms with Crippen molar-refractivity contribution in [2.45, 2.75) is 74.7 Å². The Labute approximate surface area is 345 Å². The first kappa shape index (κ1) is 41.1. The van der Waals surface area contributed by atoms with E-state index in [4.69, 9.17) is 21.1 Å². The lowest BCUT2D eigenvalue weighted by Crippen LogP contribution is -2.65. The number of aryl methyl sites for hydroxylation is 1. The lowest BCUT2D eigenvalue weighted by atomic mass is 9.63. The standard InChI is InChI=1S/C43H60ClN5O6S2/c1-30-8-6-17-43(54-3,28-46-18-19-47-20-21-49(57(5,52)53)26-36(47)25-46)38-13-10-34(38)24-48-27-42(16-7-9-32-22-35(44)12-14-37(32)42)29-55-40-15-11-33(23-39(40)48)41(50)45-56(4,51)31(30)2/h6,11-12,14-15,17,22-23,30-31,34,36,38H,4,7-10,13,16,18-21,24-29H2,1-3,5H3,(H,45,50,51)/b17-6+/t30-,31+,34-,36?,38+,42-,43+,56?/m0/s1. The van der Waals surface area contributed by atoms with Crippen LogP contribution in [0.2, 0.25) is 5.02 Å². The molecular formula is C43H60ClN5O6S2. The van der Waals surface area contributed by atoms with E-state index in [2.05, 4.69) is 56.5 Å². The van der Waals surface area contributed by atoms with Crippen LogP contribution in [0, 0.1) is 17.8 Å². The molecular weight excluding hydrogens is 782 g/mol. The van der Waals surface area contributed by atoms with E-state index in [1.165, 1.54) is 17.4 Å². The monoisotopic (exact) mass is 841 g/mol. The summed E-state index contributed by atoms with van der Waals surface area (Å²) in [6, 6.07) is 12.0. The number of nitrogens with one attached hydrogen (secondary N) is 1. The average Bonchev–Trinajstić information content (AvgIpc) is 3.31. The third-order valence-electron chi connectivity index (χ3n) is 14.4. The second-order valence-corrected chi connectivity index (χ2v) is 22.7. The summed E-state index contributed by atoms with van der Waals surface area (Å²) in [6.07, 6.45) is 11.5. The third kappa shape index (κ3) is 8.03. The van der Waals surface area contributed by atoms with E-state index in [9.17, 15) is 17.4 Å². The summed E-state index contributed by atoms with van der Waals surface area (Å²) in [6.45, 7) is 11.0. The molecule has 2 bridgehead atoms. The summed E-state index contributed by atoms with van der Waals surface area (Å²) in [5.74, 6) is 4.89. The van der Waals surface area contributed by atoms with Crippen LogP contribution in [0.5, 0.6) is 5.75 Å². The SMILES string of the molecule is C=S1(=O)NC(=O)c2ccc3c(c2)N(C[C@@H]2CC[C@H]2[C@@](CN2CCN4CCN(S(C)(=O)=O)CC4C2)(OC)/C=C/C[C@H](C)[C@H]1C)C[C@@]1(CCCc2cc(Cl)ccc21)CO3. The van der Waals surface area contributed by atoms with Gasteiger partial charge in [0.25, 0.3) is 5.91 Å². The number of carbonyl (C=O) groups excluding carboxylic acids is 1. The molecule has 4 aliphatic heterocycles. The van der Waals surface area contributed by atoms with Crippen molar-refractivity contribution in [3.8, 4) is 5.75 Å². The molecule has 2 aliphatic carbocycles. The smallest absolute Gasteiger partial charge is 0.262 e. The Balaban J connectivity index is 1.17. The van der Waals surface area contributed by atoms with Crippen molar-refractivity contribution in [1.82, 2.24) is 18.8 Å². The van der Waals surface area contributed by atoms with Crippen LogP contribution in [0.4, 0.5) is 5.69 Å². The zero-order valence-electron chi connectivity index (χ0n) is 34.0. The van der Waals surface area contributed by atoms with E-state index in [-0.39, 0.29) is 28.5 Å². The van der Waals surface area contributed by atoms with E-state index in [1.54, 1.807) is 10.4 Å².